The van der Waals surface area contributed by atoms with Crippen molar-refractivity contribution in [3.8, 4) is 22.4 Å². The molecule has 0 amide bonds. The van der Waals surface area contributed by atoms with Gasteiger partial charge in [-0.3, -0.25) is 4.98 Å². The molecule has 3 heterocycles. The highest BCUT2D eigenvalue weighted by atomic mass is 16.3. The molecular formula is C42H24N2O. The van der Waals surface area contributed by atoms with Gasteiger partial charge in [0, 0.05) is 38.7 Å². The molecule has 3 heteroatoms. The summed E-state index contributed by atoms with van der Waals surface area (Å²) in [4.78, 5) is 9.91. The van der Waals surface area contributed by atoms with Gasteiger partial charge in [0.1, 0.15) is 11.2 Å². The van der Waals surface area contributed by atoms with Crippen LogP contribution in [0.2, 0.25) is 0 Å². The monoisotopic (exact) mass is 572 g/mol. The standard InChI is InChI=1S/C42H24N2O/c1-2-7-28-24-37-33(38-20-15-26-12-11-25-8-5-21-43-40(25)41(26)44-38)19-18-31(36(37)23-27(28)6-1)29-13-16-32-30(22-29)14-17-35-34-9-3-4-10-39(34)45-42(32)35/h1-24H. The lowest BCUT2D eigenvalue weighted by atomic mass is 9.90. The Morgan fingerprint density at radius 3 is 2.00 bits per heavy atom. The topological polar surface area (TPSA) is 38.9 Å². The lowest BCUT2D eigenvalue weighted by Crippen LogP contribution is -1.91. The first-order valence-electron chi connectivity index (χ1n) is 15.2. The molecule has 0 saturated heterocycles. The van der Waals surface area contributed by atoms with Gasteiger partial charge in [0.25, 0.3) is 0 Å². The zero-order valence-corrected chi connectivity index (χ0v) is 24.2. The molecule has 10 rings (SSSR count). The van der Waals surface area contributed by atoms with E-state index in [9.17, 15) is 0 Å². The van der Waals surface area contributed by atoms with E-state index in [-0.39, 0.29) is 0 Å². The van der Waals surface area contributed by atoms with E-state index in [0.717, 1.165) is 65.8 Å². The molecule has 0 N–H and O–H groups in total. The Balaban J connectivity index is 1.21. The summed E-state index contributed by atoms with van der Waals surface area (Å²) in [5.41, 5.74) is 8.13. The van der Waals surface area contributed by atoms with Crippen LogP contribution in [0.1, 0.15) is 0 Å². The highest BCUT2D eigenvalue weighted by molar-refractivity contribution is 6.16. The largest absolute Gasteiger partial charge is 0.455 e. The molecule has 0 radical (unpaired) electrons. The maximum Gasteiger partial charge on any atom is 0.143 e. The number of hydrogen-bond acceptors (Lipinski definition) is 3. The van der Waals surface area contributed by atoms with Crippen molar-refractivity contribution in [3.05, 3.63) is 146 Å². The van der Waals surface area contributed by atoms with Crippen LogP contribution in [0.15, 0.2) is 150 Å². The first-order chi connectivity index (χ1) is 22.3. The molecule has 10 aromatic rings. The van der Waals surface area contributed by atoms with E-state index in [1.54, 1.807) is 0 Å². The molecule has 3 nitrogen and oxygen atoms in total. The summed E-state index contributed by atoms with van der Waals surface area (Å²) in [6.07, 6.45) is 1.84. The van der Waals surface area contributed by atoms with Crippen LogP contribution in [0, 0.1) is 0 Å². The van der Waals surface area contributed by atoms with Gasteiger partial charge in [-0.15, -0.1) is 0 Å². The molecule has 0 fully saturated rings. The fraction of sp³-hybridized carbons (Fsp3) is 0. The summed E-state index contributed by atoms with van der Waals surface area (Å²) < 4.78 is 6.34. The van der Waals surface area contributed by atoms with Crippen LogP contribution in [0.4, 0.5) is 0 Å². The van der Waals surface area contributed by atoms with Crippen molar-refractivity contribution in [2.45, 2.75) is 0 Å². The molecular weight excluding hydrogens is 548 g/mol. The van der Waals surface area contributed by atoms with Crippen LogP contribution in [0.25, 0.3) is 98.4 Å². The van der Waals surface area contributed by atoms with Crippen LogP contribution in [-0.4, -0.2) is 9.97 Å². The van der Waals surface area contributed by atoms with Crippen molar-refractivity contribution in [3.63, 3.8) is 0 Å². The van der Waals surface area contributed by atoms with Crippen LogP contribution in [0.5, 0.6) is 0 Å². The van der Waals surface area contributed by atoms with E-state index in [4.69, 9.17) is 9.40 Å². The number of fused-ring (bicyclic) bond motifs is 10. The smallest absolute Gasteiger partial charge is 0.143 e. The third kappa shape index (κ3) is 3.65. The maximum atomic E-state index is 6.34. The third-order valence-electron chi connectivity index (χ3n) is 9.26. The summed E-state index contributed by atoms with van der Waals surface area (Å²) in [7, 11) is 0. The summed E-state index contributed by atoms with van der Waals surface area (Å²) in [5.74, 6) is 0. The molecule has 0 aliphatic rings. The molecule has 0 spiro atoms. The fourth-order valence-electron chi connectivity index (χ4n) is 7.06. The number of rotatable bonds is 2. The van der Waals surface area contributed by atoms with E-state index in [1.165, 1.54) is 32.7 Å². The average molecular weight is 573 g/mol. The number of hydrogen-bond donors (Lipinski definition) is 0. The van der Waals surface area contributed by atoms with Gasteiger partial charge >= 0.3 is 0 Å². The Kier molecular flexibility index (Phi) is 5.00. The molecule has 0 bridgehead atoms. The Hall–Kier alpha value is -6.06. The summed E-state index contributed by atoms with van der Waals surface area (Å²) in [6, 6.07) is 49.7. The molecule has 0 atom stereocenters. The van der Waals surface area contributed by atoms with E-state index in [2.05, 4.69) is 126 Å². The predicted octanol–water partition coefficient (Wildman–Crippen LogP) is 11.5. The second-order valence-corrected chi connectivity index (χ2v) is 11.8. The van der Waals surface area contributed by atoms with Gasteiger partial charge in [-0.2, -0.15) is 0 Å². The minimum absolute atomic E-state index is 0.920. The third-order valence-corrected chi connectivity index (χ3v) is 9.26. The van der Waals surface area contributed by atoms with Gasteiger partial charge < -0.3 is 4.42 Å². The van der Waals surface area contributed by atoms with E-state index in [0.29, 0.717) is 0 Å². The number of aromatic nitrogens is 2. The Morgan fingerprint density at radius 1 is 0.422 bits per heavy atom. The lowest BCUT2D eigenvalue weighted by molar-refractivity contribution is 0.672. The molecule has 0 unspecified atom stereocenters. The number of nitrogens with zero attached hydrogens (tertiary/aromatic N) is 2. The number of pyridine rings is 2. The Labute approximate surface area is 258 Å². The minimum Gasteiger partial charge on any atom is -0.455 e. The van der Waals surface area contributed by atoms with Gasteiger partial charge in [0.2, 0.25) is 0 Å². The molecule has 7 aromatic carbocycles. The van der Waals surface area contributed by atoms with E-state index in [1.807, 2.05) is 24.4 Å². The van der Waals surface area contributed by atoms with Crippen LogP contribution in [-0.2, 0) is 0 Å². The Morgan fingerprint density at radius 2 is 1.11 bits per heavy atom. The summed E-state index contributed by atoms with van der Waals surface area (Å²) in [5, 5.41) is 11.6. The highest BCUT2D eigenvalue weighted by Gasteiger charge is 2.15. The molecule has 0 aliphatic carbocycles. The molecule has 3 aromatic heterocycles. The van der Waals surface area contributed by atoms with Crippen molar-refractivity contribution in [1.29, 1.82) is 0 Å². The van der Waals surface area contributed by atoms with Gasteiger partial charge in [-0.05, 0) is 86.6 Å². The van der Waals surface area contributed by atoms with Gasteiger partial charge in [-0.25, -0.2) is 4.98 Å². The fourth-order valence-corrected chi connectivity index (χ4v) is 7.06. The van der Waals surface area contributed by atoms with Crippen molar-refractivity contribution < 1.29 is 4.42 Å². The SMILES string of the molecule is c1ccc2cc3c(-c4ccc5ccc6cccnc6c5n4)ccc(-c4ccc5c(ccc6c7ccccc7oc56)c4)c3cc2c1. The number of furan rings is 1. The van der Waals surface area contributed by atoms with E-state index < -0.39 is 0 Å². The second-order valence-electron chi connectivity index (χ2n) is 11.8. The zero-order chi connectivity index (χ0) is 29.5. The quantitative estimate of drug-likeness (QED) is 0.153. The summed E-state index contributed by atoms with van der Waals surface area (Å²) in [6.45, 7) is 0. The molecule has 45 heavy (non-hydrogen) atoms. The number of para-hydroxylation sites is 1. The summed E-state index contributed by atoms with van der Waals surface area (Å²) >= 11 is 0. The highest BCUT2D eigenvalue weighted by Crippen LogP contribution is 2.40. The van der Waals surface area contributed by atoms with Crippen molar-refractivity contribution >= 4 is 76.1 Å². The first-order valence-corrected chi connectivity index (χ1v) is 15.2. The van der Waals surface area contributed by atoms with Gasteiger partial charge in [0.15, 0.2) is 0 Å². The predicted molar refractivity (Wildman–Crippen MR) is 188 cm³/mol. The lowest BCUT2D eigenvalue weighted by Gasteiger charge is -2.14. The van der Waals surface area contributed by atoms with Crippen molar-refractivity contribution in [2.75, 3.05) is 0 Å². The van der Waals surface area contributed by atoms with Crippen LogP contribution in [0.3, 0.4) is 0 Å². The van der Waals surface area contributed by atoms with Gasteiger partial charge in [-0.1, -0.05) is 91.0 Å². The molecule has 0 saturated carbocycles. The van der Waals surface area contributed by atoms with E-state index >= 15 is 0 Å². The molecule has 208 valence electrons. The average Bonchev–Trinajstić information content (AvgIpc) is 3.49. The van der Waals surface area contributed by atoms with Crippen molar-refractivity contribution in [1.82, 2.24) is 9.97 Å². The minimum atomic E-state index is 0.920. The van der Waals surface area contributed by atoms with Crippen LogP contribution >= 0.6 is 0 Å². The first kappa shape index (κ1) is 24.4. The number of benzene rings is 7. The van der Waals surface area contributed by atoms with Crippen LogP contribution < -0.4 is 0 Å². The van der Waals surface area contributed by atoms with Crippen molar-refractivity contribution in [2.24, 2.45) is 0 Å². The molecule has 0 aliphatic heterocycles. The Bertz CT molecular complexity index is 2830. The zero-order valence-electron chi connectivity index (χ0n) is 24.2. The normalized spacial score (nSPS) is 12.0. The maximum absolute atomic E-state index is 6.34. The van der Waals surface area contributed by atoms with Gasteiger partial charge in [0.05, 0.1) is 16.7 Å². The second kappa shape index (κ2) is 9.22.